The Labute approximate surface area is 221 Å². The monoisotopic (exact) mass is 539 g/mol. The van der Waals surface area contributed by atoms with Crippen LogP contribution in [0, 0.1) is 0 Å². The lowest BCUT2D eigenvalue weighted by atomic mass is 10.1. The number of thiophene rings is 1. The zero-order chi connectivity index (χ0) is 26.4. The third-order valence-electron chi connectivity index (χ3n) is 5.36. The number of amides is 2. The molecule has 2 N–H and O–H groups in total. The van der Waals surface area contributed by atoms with Crippen LogP contribution < -0.4 is 15.5 Å². The SMILES string of the molecule is CCOC(=O)c1c(NC(=O)C(=O)NN=Cc2ccc(OC(=O)c3cccc(Cl)c3)cc2)sc2c1CCC2. The normalized spacial score (nSPS) is 12.2. The number of rotatable bonds is 7. The van der Waals surface area contributed by atoms with Crippen molar-refractivity contribution in [2.75, 3.05) is 11.9 Å². The zero-order valence-electron chi connectivity index (χ0n) is 19.7. The third-order valence-corrected chi connectivity index (χ3v) is 6.81. The van der Waals surface area contributed by atoms with Gasteiger partial charge >= 0.3 is 23.8 Å². The van der Waals surface area contributed by atoms with E-state index in [1.807, 2.05) is 0 Å². The molecule has 0 unspecified atom stereocenters. The molecule has 0 fully saturated rings. The number of carbonyl (C=O) groups excluding carboxylic acids is 4. The molecule has 37 heavy (non-hydrogen) atoms. The fourth-order valence-corrected chi connectivity index (χ4v) is 5.15. The minimum Gasteiger partial charge on any atom is -0.462 e. The van der Waals surface area contributed by atoms with Crippen LogP contribution in [0.4, 0.5) is 5.00 Å². The topological polar surface area (TPSA) is 123 Å². The van der Waals surface area contributed by atoms with E-state index in [0.29, 0.717) is 32.5 Å². The van der Waals surface area contributed by atoms with Crippen molar-refractivity contribution in [3.8, 4) is 5.75 Å². The van der Waals surface area contributed by atoms with Crippen LogP contribution in [0.3, 0.4) is 0 Å². The van der Waals surface area contributed by atoms with E-state index in [4.69, 9.17) is 21.1 Å². The lowest BCUT2D eigenvalue weighted by Crippen LogP contribution is -2.32. The van der Waals surface area contributed by atoms with Crippen LogP contribution >= 0.6 is 22.9 Å². The zero-order valence-corrected chi connectivity index (χ0v) is 21.3. The highest BCUT2D eigenvalue weighted by molar-refractivity contribution is 7.17. The summed E-state index contributed by atoms with van der Waals surface area (Å²) in [4.78, 5) is 50.3. The van der Waals surface area contributed by atoms with Gasteiger partial charge < -0.3 is 14.8 Å². The number of ether oxygens (including phenoxy) is 2. The maximum Gasteiger partial charge on any atom is 0.343 e. The number of aryl methyl sites for hydroxylation is 1. The Balaban J connectivity index is 1.32. The number of fused-ring (bicyclic) bond motifs is 1. The maximum absolute atomic E-state index is 12.4. The molecule has 190 valence electrons. The van der Waals surface area contributed by atoms with Crippen LogP contribution in [0.2, 0.25) is 5.02 Å². The molecule has 0 aliphatic heterocycles. The second-order valence-corrected chi connectivity index (χ2v) is 9.45. The van der Waals surface area contributed by atoms with Crippen molar-refractivity contribution in [2.24, 2.45) is 5.10 Å². The first-order valence-corrected chi connectivity index (χ1v) is 12.6. The molecule has 2 amide bonds. The van der Waals surface area contributed by atoms with E-state index >= 15 is 0 Å². The number of hydrogen-bond donors (Lipinski definition) is 2. The molecule has 1 heterocycles. The van der Waals surface area contributed by atoms with Crippen LogP contribution in [-0.4, -0.2) is 36.6 Å². The van der Waals surface area contributed by atoms with E-state index in [1.54, 1.807) is 49.4 Å². The molecule has 2 aromatic carbocycles. The minimum absolute atomic E-state index is 0.206. The summed E-state index contributed by atoms with van der Waals surface area (Å²) < 4.78 is 10.4. The Morgan fingerprint density at radius 2 is 1.84 bits per heavy atom. The lowest BCUT2D eigenvalue weighted by Gasteiger charge is -2.07. The van der Waals surface area contributed by atoms with Crippen LogP contribution in [0.1, 0.15) is 50.1 Å². The molecule has 4 rings (SSSR count). The van der Waals surface area contributed by atoms with Gasteiger partial charge in [-0.05, 0) is 79.8 Å². The van der Waals surface area contributed by atoms with Gasteiger partial charge in [-0.2, -0.15) is 5.10 Å². The first-order valence-electron chi connectivity index (χ1n) is 11.4. The number of nitrogens with zero attached hydrogens (tertiary/aromatic N) is 1. The summed E-state index contributed by atoms with van der Waals surface area (Å²) in [5.74, 6) is -2.70. The summed E-state index contributed by atoms with van der Waals surface area (Å²) in [5, 5.41) is 7.03. The van der Waals surface area contributed by atoms with E-state index in [2.05, 4.69) is 15.8 Å². The molecule has 3 aromatic rings. The molecule has 0 atom stereocenters. The molecular weight excluding hydrogens is 518 g/mol. The second kappa shape index (κ2) is 11.8. The summed E-state index contributed by atoms with van der Waals surface area (Å²) in [6.45, 7) is 1.91. The van der Waals surface area contributed by atoms with E-state index in [1.165, 1.54) is 23.6 Å². The molecule has 0 saturated carbocycles. The molecule has 0 spiro atoms. The van der Waals surface area contributed by atoms with Crippen molar-refractivity contribution in [2.45, 2.75) is 26.2 Å². The van der Waals surface area contributed by atoms with E-state index in [-0.39, 0.29) is 6.61 Å². The lowest BCUT2D eigenvalue weighted by molar-refractivity contribution is -0.136. The average Bonchev–Trinajstić information content (AvgIpc) is 3.46. The summed E-state index contributed by atoms with van der Waals surface area (Å²) in [5.41, 5.74) is 4.26. The van der Waals surface area contributed by atoms with E-state index in [0.717, 1.165) is 29.7 Å². The maximum atomic E-state index is 12.4. The van der Waals surface area contributed by atoms with Crippen molar-refractivity contribution < 1.29 is 28.7 Å². The second-order valence-electron chi connectivity index (χ2n) is 7.90. The Kier molecular flexibility index (Phi) is 8.32. The number of carbonyl (C=O) groups is 4. The molecule has 11 heteroatoms. The number of benzene rings is 2. The van der Waals surface area contributed by atoms with Crippen molar-refractivity contribution in [3.05, 3.63) is 80.7 Å². The molecule has 1 aliphatic rings. The summed E-state index contributed by atoms with van der Waals surface area (Å²) in [6.07, 6.45) is 3.81. The van der Waals surface area contributed by atoms with Gasteiger partial charge in [-0.25, -0.2) is 15.0 Å². The van der Waals surface area contributed by atoms with Crippen LogP contribution in [0.5, 0.6) is 5.75 Å². The average molecular weight is 540 g/mol. The number of hydrogen-bond acceptors (Lipinski definition) is 8. The Hall–Kier alpha value is -4.02. The molecule has 9 nitrogen and oxygen atoms in total. The molecule has 1 aromatic heterocycles. The fourth-order valence-electron chi connectivity index (χ4n) is 3.69. The number of nitrogens with one attached hydrogen (secondary N) is 2. The van der Waals surface area contributed by atoms with Gasteiger partial charge in [0.15, 0.2) is 0 Å². The standard InChI is InChI=1S/C26H22ClN3O6S/c1-2-35-26(34)21-19-7-4-8-20(19)37-24(21)29-22(31)23(32)30-28-14-15-9-11-18(12-10-15)36-25(33)16-5-3-6-17(27)13-16/h3,5-6,9-14H,2,4,7-8H2,1H3,(H,29,31)(H,30,32). The number of hydrazone groups is 1. The summed E-state index contributed by atoms with van der Waals surface area (Å²) in [6, 6.07) is 12.8. The number of esters is 2. The molecule has 0 saturated heterocycles. The van der Waals surface area contributed by atoms with Gasteiger partial charge in [-0.1, -0.05) is 17.7 Å². The summed E-state index contributed by atoms with van der Waals surface area (Å²) >= 11 is 7.17. The minimum atomic E-state index is -0.994. The highest BCUT2D eigenvalue weighted by Gasteiger charge is 2.29. The van der Waals surface area contributed by atoms with Gasteiger partial charge in [0.1, 0.15) is 10.8 Å². The van der Waals surface area contributed by atoms with Gasteiger partial charge in [0.25, 0.3) is 0 Å². The summed E-state index contributed by atoms with van der Waals surface area (Å²) in [7, 11) is 0. The molecule has 1 aliphatic carbocycles. The first-order chi connectivity index (χ1) is 17.9. The Bertz CT molecular complexity index is 1380. The van der Waals surface area contributed by atoms with E-state index < -0.39 is 23.8 Å². The Morgan fingerprint density at radius 3 is 2.57 bits per heavy atom. The molecule has 0 radical (unpaired) electrons. The van der Waals surface area contributed by atoms with Gasteiger partial charge in [0.2, 0.25) is 0 Å². The van der Waals surface area contributed by atoms with Crippen molar-refractivity contribution >= 4 is 57.9 Å². The van der Waals surface area contributed by atoms with Crippen LogP contribution in [-0.2, 0) is 27.2 Å². The quantitative estimate of drug-likeness (QED) is 0.151. The van der Waals surface area contributed by atoms with Gasteiger partial charge in [-0.15, -0.1) is 11.3 Å². The third kappa shape index (κ3) is 6.41. The number of anilines is 1. The number of halogens is 1. The molecule has 0 bridgehead atoms. The van der Waals surface area contributed by atoms with Crippen molar-refractivity contribution in [3.63, 3.8) is 0 Å². The van der Waals surface area contributed by atoms with Gasteiger partial charge in [0.05, 0.1) is 23.9 Å². The highest BCUT2D eigenvalue weighted by Crippen LogP contribution is 2.39. The van der Waals surface area contributed by atoms with Gasteiger partial charge in [-0.3, -0.25) is 9.59 Å². The smallest absolute Gasteiger partial charge is 0.343 e. The fraction of sp³-hybridized carbons (Fsp3) is 0.192. The Morgan fingerprint density at radius 1 is 1.05 bits per heavy atom. The molecular formula is C26H22ClN3O6S. The highest BCUT2D eigenvalue weighted by atomic mass is 35.5. The van der Waals surface area contributed by atoms with Gasteiger partial charge in [0, 0.05) is 9.90 Å². The van der Waals surface area contributed by atoms with Crippen molar-refractivity contribution in [1.29, 1.82) is 0 Å². The van der Waals surface area contributed by atoms with Crippen LogP contribution in [0.15, 0.2) is 53.6 Å². The van der Waals surface area contributed by atoms with Crippen LogP contribution in [0.25, 0.3) is 0 Å². The van der Waals surface area contributed by atoms with E-state index in [9.17, 15) is 19.2 Å². The largest absolute Gasteiger partial charge is 0.462 e. The predicted molar refractivity (Wildman–Crippen MR) is 140 cm³/mol. The predicted octanol–water partition coefficient (Wildman–Crippen LogP) is 4.37. The van der Waals surface area contributed by atoms with Crippen molar-refractivity contribution in [1.82, 2.24) is 5.43 Å². The first kappa shape index (κ1) is 26.1.